The number of nitrogens with zero attached hydrogens (tertiary/aromatic N) is 1. The molecule has 1 atom stereocenters. The van der Waals surface area contributed by atoms with Crippen molar-refractivity contribution in [1.82, 2.24) is 4.57 Å². The van der Waals surface area contributed by atoms with Crippen LogP contribution in [0.1, 0.15) is 29.1 Å². The highest BCUT2D eigenvalue weighted by molar-refractivity contribution is 5.98. The number of rotatable bonds is 7. The molecule has 1 N–H and O–H groups in total. The van der Waals surface area contributed by atoms with Gasteiger partial charge in [0, 0.05) is 18.8 Å². The number of benzene rings is 2. The molecular weight excluding hydrogens is 356 g/mol. The zero-order valence-electron chi connectivity index (χ0n) is 15.8. The predicted molar refractivity (Wildman–Crippen MR) is 106 cm³/mol. The lowest BCUT2D eigenvalue weighted by Crippen LogP contribution is -2.26. The highest BCUT2D eigenvalue weighted by Crippen LogP contribution is 2.27. The number of para-hydroxylation sites is 2. The Labute approximate surface area is 163 Å². The summed E-state index contributed by atoms with van der Waals surface area (Å²) >= 11 is 0. The molecule has 1 heterocycles. The lowest BCUT2D eigenvalue weighted by molar-refractivity contribution is -0.125. The van der Waals surface area contributed by atoms with Crippen molar-refractivity contribution in [3.05, 3.63) is 84.2 Å². The van der Waals surface area contributed by atoms with Gasteiger partial charge in [-0.1, -0.05) is 42.5 Å². The Balaban J connectivity index is 1.86. The van der Waals surface area contributed by atoms with Crippen LogP contribution in [0.4, 0.5) is 5.69 Å². The molecule has 0 aliphatic rings. The first-order valence-electron chi connectivity index (χ1n) is 9.00. The third-order valence-corrected chi connectivity index (χ3v) is 4.16. The number of aromatic nitrogens is 1. The van der Waals surface area contributed by atoms with Gasteiger partial charge in [-0.3, -0.25) is 4.79 Å². The molecule has 0 aliphatic heterocycles. The Morgan fingerprint density at radius 2 is 1.71 bits per heavy atom. The number of hydrogen-bond acceptors (Lipinski definition) is 4. The van der Waals surface area contributed by atoms with Crippen LogP contribution in [0, 0.1) is 0 Å². The SMILES string of the molecule is CCOc1ccccc1NC(=O)[C@@H](OC(=O)c1cccn1C)c1ccccc1. The summed E-state index contributed by atoms with van der Waals surface area (Å²) in [4.78, 5) is 25.6. The number of ether oxygens (including phenoxy) is 2. The van der Waals surface area contributed by atoms with E-state index in [2.05, 4.69) is 5.32 Å². The van der Waals surface area contributed by atoms with E-state index in [0.717, 1.165) is 0 Å². The van der Waals surface area contributed by atoms with Crippen molar-refractivity contribution in [2.24, 2.45) is 7.05 Å². The largest absolute Gasteiger partial charge is 0.492 e. The second-order valence-corrected chi connectivity index (χ2v) is 6.12. The number of carbonyl (C=O) groups excluding carboxylic acids is 2. The van der Waals surface area contributed by atoms with E-state index in [1.165, 1.54) is 0 Å². The van der Waals surface area contributed by atoms with Gasteiger partial charge < -0.3 is 19.4 Å². The fourth-order valence-corrected chi connectivity index (χ4v) is 2.79. The number of esters is 1. The third kappa shape index (κ3) is 4.40. The van der Waals surface area contributed by atoms with Crippen LogP contribution in [0.2, 0.25) is 0 Å². The summed E-state index contributed by atoms with van der Waals surface area (Å²) in [6.45, 7) is 2.34. The lowest BCUT2D eigenvalue weighted by atomic mass is 10.1. The minimum atomic E-state index is -1.10. The molecule has 0 spiro atoms. The first-order valence-corrected chi connectivity index (χ1v) is 9.00. The van der Waals surface area contributed by atoms with E-state index in [9.17, 15) is 9.59 Å². The van der Waals surface area contributed by atoms with Crippen LogP contribution >= 0.6 is 0 Å². The van der Waals surface area contributed by atoms with Crippen molar-refractivity contribution in [2.45, 2.75) is 13.0 Å². The first kappa shape index (κ1) is 19.2. The number of aryl methyl sites for hydroxylation is 1. The van der Waals surface area contributed by atoms with Crippen molar-refractivity contribution in [3.63, 3.8) is 0 Å². The summed E-state index contributed by atoms with van der Waals surface area (Å²) in [5, 5.41) is 2.81. The average molecular weight is 378 g/mol. The van der Waals surface area contributed by atoms with Crippen LogP contribution in [-0.4, -0.2) is 23.1 Å². The van der Waals surface area contributed by atoms with Gasteiger partial charge in [0.25, 0.3) is 5.91 Å². The van der Waals surface area contributed by atoms with E-state index in [-0.39, 0.29) is 0 Å². The summed E-state index contributed by atoms with van der Waals surface area (Å²) in [7, 11) is 1.74. The van der Waals surface area contributed by atoms with Crippen molar-refractivity contribution in [3.8, 4) is 5.75 Å². The molecule has 2 aromatic carbocycles. The highest BCUT2D eigenvalue weighted by Gasteiger charge is 2.27. The van der Waals surface area contributed by atoms with Crippen LogP contribution in [0.3, 0.4) is 0 Å². The number of carbonyl (C=O) groups is 2. The smallest absolute Gasteiger partial charge is 0.356 e. The molecule has 1 aromatic heterocycles. The number of amides is 1. The van der Waals surface area contributed by atoms with Gasteiger partial charge in [0.05, 0.1) is 12.3 Å². The van der Waals surface area contributed by atoms with E-state index >= 15 is 0 Å². The van der Waals surface area contributed by atoms with Gasteiger partial charge >= 0.3 is 5.97 Å². The highest BCUT2D eigenvalue weighted by atomic mass is 16.5. The Morgan fingerprint density at radius 3 is 2.39 bits per heavy atom. The van der Waals surface area contributed by atoms with Crippen molar-refractivity contribution in [2.75, 3.05) is 11.9 Å². The summed E-state index contributed by atoms with van der Waals surface area (Å²) in [6, 6.07) is 19.4. The second-order valence-electron chi connectivity index (χ2n) is 6.12. The van der Waals surface area contributed by atoms with Gasteiger partial charge in [0.2, 0.25) is 6.10 Å². The van der Waals surface area contributed by atoms with Crippen LogP contribution in [0.25, 0.3) is 0 Å². The molecule has 0 aliphatic carbocycles. The normalized spacial score (nSPS) is 11.5. The molecule has 3 rings (SSSR count). The van der Waals surface area contributed by atoms with Gasteiger partial charge in [-0.25, -0.2) is 4.79 Å². The van der Waals surface area contributed by atoms with Crippen molar-refractivity contribution >= 4 is 17.6 Å². The van der Waals surface area contributed by atoms with Crippen molar-refractivity contribution in [1.29, 1.82) is 0 Å². The van der Waals surface area contributed by atoms with Crippen LogP contribution < -0.4 is 10.1 Å². The van der Waals surface area contributed by atoms with E-state index in [0.29, 0.717) is 29.3 Å². The standard InChI is InChI=1S/C22H22N2O4/c1-3-27-19-14-8-7-12-17(19)23-21(25)20(16-10-5-4-6-11-16)28-22(26)18-13-9-15-24(18)2/h4-15,20H,3H2,1-2H3,(H,23,25)/t20-/m0/s1. The fourth-order valence-electron chi connectivity index (χ4n) is 2.79. The quantitative estimate of drug-likeness (QED) is 0.632. The Hall–Kier alpha value is -3.54. The average Bonchev–Trinajstić information content (AvgIpc) is 3.14. The topological polar surface area (TPSA) is 69.6 Å². The van der Waals surface area contributed by atoms with Gasteiger partial charge in [0.1, 0.15) is 11.4 Å². The fraction of sp³-hybridized carbons (Fsp3) is 0.182. The first-order chi connectivity index (χ1) is 13.6. The maximum absolute atomic E-state index is 13.0. The second kappa shape index (κ2) is 8.90. The Bertz CT molecular complexity index is 950. The molecule has 0 fully saturated rings. The minimum Gasteiger partial charge on any atom is -0.492 e. The molecule has 144 valence electrons. The molecule has 6 heteroatoms. The van der Waals surface area contributed by atoms with E-state index in [4.69, 9.17) is 9.47 Å². The lowest BCUT2D eigenvalue weighted by Gasteiger charge is -2.19. The summed E-state index contributed by atoms with van der Waals surface area (Å²) in [5.74, 6) is -0.477. The summed E-state index contributed by atoms with van der Waals surface area (Å²) in [5.41, 5.74) is 1.46. The number of nitrogens with one attached hydrogen (secondary N) is 1. The molecular formula is C22H22N2O4. The minimum absolute atomic E-state index is 0.364. The Morgan fingerprint density at radius 1 is 1.00 bits per heavy atom. The molecule has 0 radical (unpaired) electrons. The van der Waals surface area contributed by atoms with Crippen molar-refractivity contribution < 1.29 is 19.1 Å². The van der Waals surface area contributed by atoms with E-state index < -0.39 is 18.0 Å². The monoisotopic (exact) mass is 378 g/mol. The van der Waals surface area contributed by atoms with E-state index in [1.54, 1.807) is 72.4 Å². The zero-order chi connectivity index (χ0) is 19.9. The van der Waals surface area contributed by atoms with Crippen LogP contribution in [0.5, 0.6) is 5.75 Å². The molecule has 3 aromatic rings. The van der Waals surface area contributed by atoms with Gasteiger partial charge in [0.15, 0.2) is 0 Å². The molecule has 0 saturated heterocycles. The zero-order valence-corrected chi connectivity index (χ0v) is 15.8. The Kier molecular flexibility index (Phi) is 6.11. The molecule has 0 saturated carbocycles. The van der Waals surface area contributed by atoms with Crippen LogP contribution in [0.15, 0.2) is 72.9 Å². The molecule has 28 heavy (non-hydrogen) atoms. The van der Waals surface area contributed by atoms with E-state index in [1.807, 2.05) is 19.1 Å². The van der Waals surface area contributed by atoms with Gasteiger partial charge in [-0.05, 0) is 31.2 Å². The summed E-state index contributed by atoms with van der Waals surface area (Å²) in [6.07, 6.45) is 0.644. The van der Waals surface area contributed by atoms with Crippen LogP contribution in [-0.2, 0) is 16.6 Å². The van der Waals surface area contributed by atoms with Gasteiger partial charge in [-0.15, -0.1) is 0 Å². The molecule has 1 amide bonds. The molecule has 6 nitrogen and oxygen atoms in total. The predicted octanol–water partition coefficient (Wildman–Crippen LogP) is 3.96. The number of anilines is 1. The maximum atomic E-state index is 13.0. The molecule has 0 bridgehead atoms. The summed E-state index contributed by atoms with van der Waals surface area (Å²) < 4.78 is 12.8. The molecule has 0 unspecified atom stereocenters. The van der Waals surface area contributed by atoms with Gasteiger partial charge in [-0.2, -0.15) is 0 Å². The maximum Gasteiger partial charge on any atom is 0.356 e. The third-order valence-electron chi connectivity index (χ3n) is 4.16. The number of hydrogen-bond donors (Lipinski definition) is 1.